The van der Waals surface area contributed by atoms with Crippen molar-refractivity contribution in [2.24, 2.45) is 5.92 Å². The normalized spacial score (nSPS) is 15.2. The minimum absolute atomic E-state index is 0.00646. The highest BCUT2D eigenvalue weighted by Gasteiger charge is 2.27. The Balaban J connectivity index is 1.41. The largest absolute Gasteiger partial charge is 0.348 e. The molecule has 0 saturated carbocycles. The summed E-state index contributed by atoms with van der Waals surface area (Å²) in [5.41, 5.74) is 5.36. The van der Waals surface area contributed by atoms with Crippen LogP contribution in [0.25, 0.3) is 10.2 Å². The van der Waals surface area contributed by atoms with E-state index in [0.717, 1.165) is 42.1 Å². The van der Waals surface area contributed by atoms with Crippen molar-refractivity contribution < 1.29 is 4.79 Å². The van der Waals surface area contributed by atoms with Crippen LogP contribution in [0, 0.1) is 26.7 Å². The molecule has 146 valence electrons. The number of aromatic nitrogens is 1. The number of halogens is 1. The number of carbonyl (C=O) groups excluding carboxylic acids is 1. The number of amides is 1. The van der Waals surface area contributed by atoms with Gasteiger partial charge in [0.2, 0.25) is 5.91 Å². The first-order valence-corrected chi connectivity index (χ1v) is 10.8. The monoisotopic (exact) mass is 413 g/mol. The summed E-state index contributed by atoms with van der Waals surface area (Å²) in [4.78, 5) is 19.8. The van der Waals surface area contributed by atoms with Crippen molar-refractivity contribution in [3.63, 3.8) is 0 Å². The first-order chi connectivity index (χ1) is 13.4. The third-order valence-electron chi connectivity index (χ3n) is 5.34. The molecule has 0 radical (unpaired) electrons. The SMILES string of the molecule is Cc1ccc(NC(=O)C2CCN(c3nc4c(C)cc(C)cc4s3)CC2)c(Cl)c1. The summed E-state index contributed by atoms with van der Waals surface area (Å²) in [5.74, 6) is 0.0631. The van der Waals surface area contributed by atoms with E-state index in [1.165, 1.54) is 15.8 Å². The van der Waals surface area contributed by atoms with Crippen LogP contribution < -0.4 is 10.2 Å². The second-order valence-electron chi connectivity index (χ2n) is 7.66. The Hall–Kier alpha value is -2.11. The molecule has 0 atom stereocenters. The lowest BCUT2D eigenvalue weighted by atomic mass is 9.96. The van der Waals surface area contributed by atoms with E-state index >= 15 is 0 Å². The maximum absolute atomic E-state index is 12.7. The highest BCUT2D eigenvalue weighted by atomic mass is 35.5. The van der Waals surface area contributed by atoms with Crippen LogP contribution >= 0.6 is 22.9 Å². The van der Waals surface area contributed by atoms with Gasteiger partial charge in [0, 0.05) is 19.0 Å². The highest BCUT2D eigenvalue weighted by Crippen LogP contribution is 2.34. The van der Waals surface area contributed by atoms with Crippen molar-refractivity contribution in [1.82, 2.24) is 4.98 Å². The first kappa shape index (κ1) is 19.2. The Labute approximate surface area is 174 Å². The van der Waals surface area contributed by atoms with Gasteiger partial charge in [-0.1, -0.05) is 35.1 Å². The number of carbonyl (C=O) groups is 1. The molecule has 0 aliphatic carbocycles. The lowest BCUT2D eigenvalue weighted by Gasteiger charge is -2.31. The molecular weight excluding hydrogens is 390 g/mol. The van der Waals surface area contributed by atoms with E-state index in [1.54, 1.807) is 11.3 Å². The fourth-order valence-corrected chi connectivity index (χ4v) is 5.26. The minimum atomic E-state index is 0.00646. The van der Waals surface area contributed by atoms with Gasteiger partial charge in [0.05, 0.1) is 20.9 Å². The van der Waals surface area contributed by atoms with Gasteiger partial charge in [-0.2, -0.15) is 0 Å². The van der Waals surface area contributed by atoms with Crippen molar-refractivity contribution in [2.45, 2.75) is 33.6 Å². The van der Waals surface area contributed by atoms with Crippen molar-refractivity contribution in [3.8, 4) is 0 Å². The van der Waals surface area contributed by atoms with Crippen molar-refractivity contribution in [2.75, 3.05) is 23.3 Å². The average molecular weight is 414 g/mol. The number of hydrogen-bond acceptors (Lipinski definition) is 4. The molecule has 2 heterocycles. The van der Waals surface area contributed by atoms with E-state index in [-0.39, 0.29) is 11.8 Å². The third-order valence-corrected chi connectivity index (χ3v) is 6.71. The summed E-state index contributed by atoms with van der Waals surface area (Å²) in [7, 11) is 0. The number of aryl methyl sites for hydroxylation is 3. The van der Waals surface area contributed by atoms with Crippen LogP contribution in [0.3, 0.4) is 0 Å². The predicted molar refractivity (Wildman–Crippen MR) is 119 cm³/mol. The predicted octanol–water partition coefficient (Wildman–Crippen LogP) is 5.73. The second kappa shape index (κ2) is 7.72. The van der Waals surface area contributed by atoms with Gasteiger partial charge in [0.1, 0.15) is 0 Å². The Kier molecular flexibility index (Phi) is 5.30. The first-order valence-electron chi connectivity index (χ1n) is 9.60. The third kappa shape index (κ3) is 3.87. The minimum Gasteiger partial charge on any atom is -0.348 e. The van der Waals surface area contributed by atoms with E-state index in [2.05, 4.69) is 36.2 Å². The smallest absolute Gasteiger partial charge is 0.227 e. The highest BCUT2D eigenvalue weighted by molar-refractivity contribution is 7.22. The maximum Gasteiger partial charge on any atom is 0.227 e. The number of hydrogen-bond donors (Lipinski definition) is 1. The van der Waals surface area contributed by atoms with Crippen molar-refractivity contribution >= 4 is 49.9 Å². The molecule has 3 aromatic rings. The number of thiazole rings is 1. The van der Waals surface area contributed by atoms with Gasteiger partial charge < -0.3 is 10.2 Å². The standard InChI is InChI=1S/C22H24ClN3OS/c1-13-4-5-18(17(23)11-13)24-21(27)16-6-8-26(9-7-16)22-25-20-15(3)10-14(2)12-19(20)28-22/h4-5,10-12,16H,6-9H2,1-3H3,(H,24,27). The van der Waals surface area contributed by atoms with Gasteiger partial charge in [-0.15, -0.1) is 0 Å². The van der Waals surface area contributed by atoms with E-state index in [9.17, 15) is 4.79 Å². The van der Waals surface area contributed by atoms with Gasteiger partial charge in [0.25, 0.3) is 0 Å². The lowest BCUT2D eigenvalue weighted by Crippen LogP contribution is -2.38. The fraction of sp³-hybridized carbons (Fsp3) is 0.364. The Morgan fingerprint density at radius 2 is 1.89 bits per heavy atom. The second-order valence-corrected chi connectivity index (χ2v) is 9.08. The molecule has 1 aliphatic heterocycles. The molecule has 1 aliphatic rings. The molecule has 1 N–H and O–H groups in total. The molecule has 1 aromatic heterocycles. The molecule has 4 nitrogen and oxygen atoms in total. The van der Waals surface area contributed by atoms with Crippen LogP contribution in [0.4, 0.5) is 10.8 Å². The Morgan fingerprint density at radius 1 is 1.14 bits per heavy atom. The van der Waals surface area contributed by atoms with Gasteiger partial charge in [-0.3, -0.25) is 4.79 Å². The topological polar surface area (TPSA) is 45.2 Å². The number of anilines is 2. The van der Waals surface area contributed by atoms with E-state index in [0.29, 0.717) is 10.7 Å². The summed E-state index contributed by atoms with van der Waals surface area (Å²) in [6, 6.07) is 10.1. The van der Waals surface area contributed by atoms with Gasteiger partial charge in [0.15, 0.2) is 5.13 Å². The number of rotatable bonds is 3. The van der Waals surface area contributed by atoms with Gasteiger partial charge in [-0.05, 0) is 68.5 Å². The van der Waals surface area contributed by atoms with Crippen molar-refractivity contribution in [3.05, 3.63) is 52.0 Å². The summed E-state index contributed by atoms with van der Waals surface area (Å²) >= 11 is 7.99. The number of fused-ring (bicyclic) bond motifs is 1. The zero-order valence-electron chi connectivity index (χ0n) is 16.4. The fourth-order valence-electron chi connectivity index (χ4n) is 3.78. The van der Waals surface area contributed by atoms with Gasteiger partial charge >= 0.3 is 0 Å². The molecular formula is C22H24ClN3OS. The molecule has 1 amide bonds. The van der Waals surface area contributed by atoms with Gasteiger partial charge in [-0.25, -0.2) is 4.98 Å². The average Bonchev–Trinajstić information content (AvgIpc) is 3.08. The van der Waals surface area contributed by atoms with E-state index < -0.39 is 0 Å². The Bertz CT molecular complexity index is 1040. The number of piperidine rings is 1. The quantitative estimate of drug-likeness (QED) is 0.596. The molecule has 1 fully saturated rings. The molecule has 0 bridgehead atoms. The summed E-state index contributed by atoms with van der Waals surface area (Å²) in [5, 5.41) is 4.64. The van der Waals surface area contributed by atoms with Crippen molar-refractivity contribution in [1.29, 1.82) is 0 Å². The Morgan fingerprint density at radius 3 is 2.61 bits per heavy atom. The zero-order valence-corrected chi connectivity index (χ0v) is 18.0. The zero-order chi connectivity index (χ0) is 19.8. The number of benzene rings is 2. The summed E-state index contributed by atoms with van der Waals surface area (Å²) in [6.45, 7) is 7.91. The van der Waals surface area contributed by atoms with Crippen LogP contribution in [0.15, 0.2) is 30.3 Å². The summed E-state index contributed by atoms with van der Waals surface area (Å²) < 4.78 is 1.24. The van der Waals surface area contributed by atoms with E-state index in [1.807, 2.05) is 25.1 Å². The molecule has 0 spiro atoms. The molecule has 2 aromatic carbocycles. The van der Waals surface area contributed by atoms with Crippen LogP contribution in [0.5, 0.6) is 0 Å². The van der Waals surface area contributed by atoms with Crippen LogP contribution in [-0.4, -0.2) is 24.0 Å². The van der Waals surface area contributed by atoms with Crippen LogP contribution in [0.1, 0.15) is 29.5 Å². The van der Waals surface area contributed by atoms with E-state index in [4.69, 9.17) is 16.6 Å². The van der Waals surface area contributed by atoms with Crippen LogP contribution in [-0.2, 0) is 4.79 Å². The lowest BCUT2D eigenvalue weighted by molar-refractivity contribution is -0.120. The molecule has 0 unspecified atom stereocenters. The number of nitrogens with one attached hydrogen (secondary N) is 1. The maximum atomic E-state index is 12.7. The summed E-state index contributed by atoms with van der Waals surface area (Å²) in [6.07, 6.45) is 1.65. The molecule has 1 saturated heterocycles. The molecule has 28 heavy (non-hydrogen) atoms. The van der Waals surface area contributed by atoms with Crippen LogP contribution in [0.2, 0.25) is 5.02 Å². The number of nitrogens with zero attached hydrogens (tertiary/aromatic N) is 2. The molecule has 6 heteroatoms. The molecule has 4 rings (SSSR count).